The number of sulfonamides is 1. The van der Waals surface area contributed by atoms with Gasteiger partial charge in [0.15, 0.2) is 0 Å². The standard InChI is InChI=1S/C20H22N2O4S/c1-14-6-8-15(9-7-14)10-11-27(25,26)21-12-16(13-21)22-19(23)17-4-2-3-5-18(17)20(22)24/h2-3,6-11,16-18H,4-5,12-13H2,1H3/b11-10+. The summed E-state index contributed by atoms with van der Waals surface area (Å²) in [6.45, 7) is 2.31. The van der Waals surface area contributed by atoms with Crippen LogP contribution in [-0.2, 0) is 19.6 Å². The number of rotatable bonds is 4. The lowest BCUT2D eigenvalue weighted by Crippen LogP contribution is -2.62. The minimum atomic E-state index is -3.56. The summed E-state index contributed by atoms with van der Waals surface area (Å²) in [5, 5.41) is 1.19. The highest BCUT2D eigenvalue weighted by molar-refractivity contribution is 7.92. The van der Waals surface area contributed by atoms with E-state index in [2.05, 4.69) is 0 Å². The smallest absolute Gasteiger partial charge is 0.236 e. The van der Waals surface area contributed by atoms with Crippen LogP contribution in [0.5, 0.6) is 0 Å². The Balaban J connectivity index is 1.40. The van der Waals surface area contributed by atoms with Gasteiger partial charge in [-0.05, 0) is 31.4 Å². The van der Waals surface area contributed by atoms with Crippen molar-refractivity contribution >= 4 is 27.9 Å². The van der Waals surface area contributed by atoms with Gasteiger partial charge in [-0.15, -0.1) is 0 Å². The first kappa shape index (κ1) is 18.1. The Morgan fingerprint density at radius 2 is 1.52 bits per heavy atom. The molecule has 2 unspecified atom stereocenters. The molecule has 4 rings (SSSR count). The lowest BCUT2D eigenvalue weighted by Gasteiger charge is -2.41. The molecule has 6 nitrogen and oxygen atoms in total. The summed E-state index contributed by atoms with van der Waals surface area (Å²) in [7, 11) is -3.56. The number of benzene rings is 1. The molecule has 0 N–H and O–H groups in total. The fourth-order valence-electron chi connectivity index (χ4n) is 3.90. The van der Waals surface area contributed by atoms with E-state index < -0.39 is 10.0 Å². The maximum Gasteiger partial charge on any atom is 0.236 e. The molecule has 2 fully saturated rings. The third kappa shape index (κ3) is 3.26. The topological polar surface area (TPSA) is 74.8 Å². The first-order chi connectivity index (χ1) is 12.9. The molecule has 2 aliphatic heterocycles. The van der Waals surface area contributed by atoms with Gasteiger partial charge in [-0.3, -0.25) is 14.5 Å². The Bertz CT molecular complexity index is 901. The summed E-state index contributed by atoms with van der Waals surface area (Å²) in [5.41, 5.74) is 1.92. The molecule has 2 saturated heterocycles. The van der Waals surface area contributed by atoms with Crippen molar-refractivity contribution in [1.82, 2.24) is 9.21 Å². The minimum absolute atomic E-state index is 0.147. The molecule has 0 saturated carbocycles. The summed E-state index contributed by atoms with van der Waals surface area (Å²) < 4.78 is 26.2. The van der Waals surface area contributed by atoms with E-state index in [0.29, 0.717) is 12.8 Å². The Labute approximate surface area is 159 Å². The van der Waals surface area contributed by atoms with E-state index in [0.717, 1.165) is 11.1 Å². The average molecular weight is 386 g/mol. The van der Waals surface area contributed by atoms with Crippen LogP contribution >= 0.6 is 0 Å². The lowest BCUT2D eigenvalue weighted by molar-refractivity contribution is -0.145. The summed E-state index contributed by atoms with van der Waals surface area (Å²) in [6.07, 6.45) is 6.65. The summed E-state index contributed by atoms with van der Waals surface area (Å²) in [5.74, 6) is -0.831. The van der Waals surface area contributed by atoms with Crippen LogP contribution in [0, 0.1) is 18.8 Å². The number of fused-ring (bicyclic) bond motifs is 1. The third-order valence-electron chi connectivity index (χ3n) is 5.61. The normalized spacial score (nSPS) is 26.6. The number of carbonyl (C=O) groups is 2. The van der Waals surface area contributed by atoms with E-state index in [9.17, 15) is 18.0 Å². The van der Waals surface area contributed by atoms with Gasteiger partial charge in [0.1, 0.15) is 0 Å². The van der Waals surface area contributed by atoms with Crippen LogP contribution in [0.2, 0.25) is 0 Å². The molecule has 0 aromatic heterocycles. The number of hydrogen-bond acceptors (Lipinski definition) is 4. The maximum atomic E-state index is 12.6. The van der Waals surface area contributed by atoms with Gasteiger partial charge in [0.05, 0.1) is 17.9 Å². The Hall–Kier alpha value is -2.25. The zero-order chi connectivity index (χ0) is 19.2. The van der Waals surface area contributed by atoms with Gasteiger partial charge in [0, 0.05) is 18.5 Å². The molecular weight excluding hydrogens is 364 g/mol. The van der Waals surface area contributed by atoms with Crippen LogP contribution < -0.4 is 0 Å². The third-order valence-corrected chi connectivity index (χ3v) is 7.10. The van der Waals surface area contributed by atoms with Crippen molar-refractivity contribution in [3.63, 3.8) is 0 Å². The highest BCUT2D eigenvalue weighted by Crippen LogP contribution is 2.37. The number of carbonyl (C=O) groups excluding carboxylic acids is 2. The van der Waals surface area contributed by atoms with Gasteiger partial charge in [-0.1, -0.05) is 42.0 Å². The molecule has 1 aromatic rings. The predicted molar refractivity (Wildman–Crippen MR) is 102 cm³/mol. The SMILES string of the molecule is Cc1ccc(/C=C/S(=O)(=O)N2CC(N3C(=O)C4CC=CCC4C3=O)C2)cc1. The number of likely N-dealkylation sites (tertiary alicyclic amines) is 1. The molecule has 7 heteroatoms. The van der Waals surface area contributed by atoms with Gasteiger partial charge >= 0.3 is 0 Å². The minimum Gasteiger partial charge on any atom is -0.276 e. The van der Waals surface area contributed by atoms with Crippen molar-refractivity contribution in [3.05, 3.63) is 53.0 Å². The largest absolute Gasteiger partial charge is 0.276 e. The van der Waals surface area contributed by atoms with Gasteiger partial charge in [0.2, 0.25) is 21.8 Å². The lowest BCUT2D eigenvalue weighted by atomic mass is 9.85. The summed E-state index contributed by atoms with van der Waals surface area (Å²) >= 11 is 0. The van der Waals surface area contributed by atoms with Gasteiger partial charge in [0.25, 0.3) is 0 Å². The second-order valence-corrected chi connectivity index (χ2v) is 9.25. The molecule has 1 aliphatic carbocycles. The Morgan fingerprint density at radius 1 is 0.963 bits per heavy atom. The zero-order valence-corrected chi connectivity index (χ0v) is 15.9. The molecule has 142 valence electrons. The van der Waals surface area contributed by atoms with Crippen LogP contribution in [0.4, 0.5) is 0 Å². The number of aryl methyl sites for hydroxylation is 1. The summed E-state index contributed by atoms with van der Waals surface area (Å²) in [6, 6.07) is 7.21. The van der Waals surface area contributed by atoms with Crippen molar-refractivity contribution < 1.29 is 18.0 Å². The van der Waals surface area contributed by atoms with E-state index in [-0.39, 0.29) is 42.8 Å². The van der Waals surface area contributed by atoms with Crippen molar-refractivity contribution in [3.8, 4) is 0 Å². The van der Waals surface area contributed by atoms with E-state index in [1.807, 2.05) is 43.3 Å². The second kappa shape index (κ2) is 6.73. The number of imide groups is 1. The van der Waals surface area contributed by atoms with E-state index in [4.69, 9.17) is 0 Å². The second-order valence-electron chi connectivity index (χ2n) is 7.43. The van der Waals surface area contributed by atoms with Crippen LogP contribution in [0.1, 0.15) is 24.0 Å². The fourth-order valence-corrected chi connectivity index (χ4v) is 5.16. The maximum absolute atomic E-state index is 12.6. The predicted octanol–water partition coefficient (Wildman–Crippen LogP) is 1.93. The number of amides is 2. The fraction of sp³-hybridized carbons (Fsp3) is 0.400. The monoisotopic (exact) mass is 386 g/mol. The average Bonchev–Trinajstić information content (AvgIpc) is 2.86. The molecule has 2 amide bonds. The Morgan fingerprint density at radius 3 is 2.07 bits per heavy atom. The van der Waals surface area contributed by atoms with Gasteiger partial charge in [-0.2, -0.15) is 4.31 Å². The first-order valence-electron chi connectivity index (χ1n) is 9.13. The number of allylic oxidation sites excluding steroid dienone is 2. The highest BCUT2D eigenvalue weighted by atomic mass is 32.2. The van der Waals surface area contributed by atoms with E-state index in [1.54, 1.807) is 6.08 Å². The molecular formula is C20H22N2O4S. The molecule has 0 radical (unpaired) electrons. The Kier molecular flexibility index (Phi) is 4.52. The van der Waals surface area contributed by atoms with Crippen molar-refractivity contribution in [1.29, 1.82) is 0 Å². The van der Waals surface area contributed by atoms with Crippen LogP contribution in [0.25, 0.3) is 6.08 Å². The van der Waals surface area contributed by atoms with E-state index in [1.165, 1.54) is 14.6 Å². The van der Waals surface area contributed by atoms with Gasteiger partial charge < -0.3 is 0 Å². The van der Waals surface area contributed by atoms with Crippen molar-refractivity contribution in [2.24, 2.45) is 11.8 Å². The van der Waals surface area contributed by atoms with Crippen LogP contribution in [0.3, 0.4) is 0 Å². The molecule has 3 aliphatic rings. The van der Waals surface area contributed by atoms with Crippen molar-refractivity contribution in [2.45, 2.75) is 25.8 Å². The highest BCUT2D eigenvalue weighted by Gasteiger charge is 2.53. The zero-order valence-electron chi connectivity index (χ0n) is 15.1. The first-order valence-corrected chi connectivity index (χ1v) is 10.6. The molecule has 0 bridgehead atoms. The van der Waals surface area contributed by atoms with Crippen LogP contribution in [0.15, 0.2) is 41.8 Å². The van der Waals surface area contributed by atoms with Crippen molar-refractivity contribution in [2.75, 3.05) is 13.1 Å². The van der Waals surface area contributed by atoms with Crippen LogP contribution in [-0.4, -0.2) is 48.6 Å². The molecule has 0 spiro atoms. The quantitative estimate of drug-likeness (QED) is 0.585. The summed E-state index contributed by atoms with van der Waals surface area (Å²) in [4.78, 5) is 26.5. The molecule has 1 aromatic carbocycles. The van der Waals surface area contributed by atoms with E-state index >= 15 is 0 Å². The number of nitrogens with zero attached hydrogens (tertiary/aromatic N) is 2. The van der Waals surface area contributed by atoms with Gasteiger partial charge in [-0.25, -0.2) is 8.42 Å². The number of hydrogen-bond donors (Lipinski definition) is 0. The molecule has 27 heavy (non-hydrogen) atoms. The molecule has 2 heterocycles. The molecule has 2 atom stereocenters.